The van der Waals surface area contributed by atoms with Gasteiger partial charge in [-0.1, -0.05) is 36.4 Å². The fraction of sp³-hybridized carbons (Fsp3) is 0.263. The van der Waals surface area contributed by atoms with E-state index < -0.39 is 0 Å². The van der Waals surface area contributed by atoms with E-state index in [0.29, 0.717) is 0 Å². The third-order valence-corrected chi connectivity index (χ3v) is 4.00. The maximum atomic E-state index is 5.48. The molecule has 0 aliphatic heterocycles. The minimum atomic E-state index is 0.757. The van der Waals surface area contributed by atoms with Crippen molar-refractivity contribution in [3.8, 4) is 5.75 Å². The topological polar surface area (TPSA) is 21.3 Å². The normalized spacial score (nSPS) is 14.4. The fourth-order valence-electron chi connectivity index (χ4n) is 2.71. The predicted molar refractivity (Wildman–Crippen MR) is 89.9 cm³/mol. The van der Waals surface area contributed by atoms with Crippen LogP contribution in [0.4, 0.5) is 5.69 Å². The van der Waals surface area contributed by atoms with E-state index in [1.165, 1.54) is 24.0 Å². The first-order valence-corrected chi connectivity index (χ1v) is 7.45. The molecule has 0 radical (unpaired) electrons. The highest BCUT2D eigenvalue weighted by atomic mass is 16.5. The van der Waals surface area contributed by atoms with E-state index in [2.05, 4.69) is 47.8 Å². The lowest BCUT2D eigenvalue weighted by molar-refractivity contribution is 0.414. The Kier molecular flexibility index (Phi) is 3.96. The Labute approximate surface area is 126 Å². The molecule has 2 aromatic rings. The summed E-state index contributed by atoms with van der Waals surface area (Å²) in [5, 5.41) is 3.23. The summed E-state index contributed by atoms with van der Waals surface area (Å²) < 4.78 is 5.48. The van der Waals surface area contributed by atoms with Gasteiger partial charge in [0, 0.05) is 18.3 Å². The van der Waals surface area contributed by atoms with Crippen LogP contribution in [0.2, 0.25) is 0 Å². The summed E-state index contributed by atoms with van der Waals surface area (Å²) in [6.07, 6.45) is 6.99. The number of benzene rings is 2. The fourth-order valence-corrected chi connectivity index (χ4v) is 2.71. The van der Waals surface area contributed by atoms with Crippen molar-refractivity contribution >= 4 is 17.8 Å². The molecule has 1 fully saturated rings. The third kappa shape index (κ3) is 2.94. The highest BCUT2D eigenvalue weighted by Crippen LogP contribution is 2.42. The SMILES string of the molecule is CNc1cccc(OC)c1/C=C/c1ccccc1C1CC1. The number of hydrogen-bond acceptors (Lipinski definition) is 2. The summed E-state index contributed by atoms with van der Waals surface area (Å²) in [4.78, 5) is 0. The Bertz CT molecular complexity index is 634. The van der Waals surface area contributed by atoms with E-state index in [-0.39, 0.29) is 0 Å². The van der Waals surface area contributed by atoms with Gasteiger partial charge in [0.15, 0.2) is 0 Å². The summed E-state index contributed by atoms with van der Waals surface area (Å²) >= 11 is 0. The molecule has 1 aliphatic rings. The third-order valence-electron chi connectivity index (χ3n) is 4.00. The molecule has 2 aromatic carbocycles. The first kappa shape index (κ1) is 13.7. The van der Waals surface area contributed by atoms with Crippen LogP contribution in [0.15, 0.2) is 42.5 Å². The van der Waals surface area contributed by atoms with E-state index in [9.17, 15) is 0 Å². The summed E-state index contributed by atoms with van der Waals surface area (Å²) in [6, 6.07) is 14.7. The van der Waals surface area contributed by atoms with Crippen molar-refractivity contribution in [2.75, 3.05) is 19.5 Å². The van der Waals surface area contributed by atoms with E-state index in [1.807, 2.05) is 19.2 Å². The molecule has 21 heavy (non-hydrogen) atoms. The first-order chi connectivity index (χ1) is 10.3. The quantitative estimate of drug-likeness (QED) is 0.795. The van der Waals surface area contributed by atoms with Gasteiger partial charge < -0.3 is 10.1 Å². The summed E-state index contributed by atoms with van der Waals surface area (Å²) in [6.45, 7) is 0. The van der Waals surface area contributed by atoms with Gasteiger partial charge in [-0.05, 0) is 48.1 Å². The Balaban J connectivity index is 1.96. The number of nitrogens with one attached hydrogen (secondary N) is 1. The largest absolute Gasteiger partial charge is 0.496 e. The van der Waals surface area contributed by atoms with Crippen LogP contribution in [-0.4, -0.2) is 14.2 Å². The molecule has 1 aliphatic carbocycles. The number of hydrogen-bond donors (Lipinski definition) is 1. The van der Waals surface area contributed by atoms with Crippen molar-refractivity contribution in [2.45, 2.75) is 18.8 Å². The lowest BCUT2D eigenvalue weighted by Crippen LogP contribution is -1.95. The number of anilines is 1. The molecule has 2 heteroatoms. The number of ether oxygens (including phenoxy) is 1. The average molecular weight is 279 g/mol. The van der Waals surface area contributed by atoms with Crippen LogP contribution in [0.1, 0.15) is 35.4 Å². The van der Waals surface area contributed by atoms with Gasteiger partial charge in [-0.2, -0.15) is 0 Å². The van der Waals surface area contributed by atoms with Gasteiger partial charge in [0.05, 0.1) is 7.11 Å². The lowest BCUT2D eigenvalue weighted by Gasteiger charge is -2.11. The predicted octanol–water partition coefficient (Wildman–Crippen LogP) is 4.78. The van der Waals surface area contributed by atoms with Crippen molar-refractivity contribution in [3.05, 3.63) is 59.2 Å². The standard InChI is InChI=1S/C19H21NO/c1-20-18-8-5-9-19(21-2)17(18)13-12-14-6-3-4-7-16(14)15-10-11-15/h3-9,12-13,15,20H,10-11H2,1-2H3/b13-12+. The second kappa shape index (κ2) is 6.04. The van der Waals surface area contributed by atoms with Gasteiger partial charge in [0.25, 0.3) is 0 Å². The van der Waals surface area contributed by atoms with Crippen LogP contribution < -0.4 is 10.1 Å². The summed E-state index contributed by atoms with van der Waals surface area (Å²) in [5.74, 6) is 1.65. The van der Waals surface area contributed by atoms with Crippen LogP contribution in [0.5, 0.6) is 5.75 Å². The van der Waals surface area contributed by atoms with Gasteiger partial charge in [0.2, 0.25) is 0 Å². The van der Waals surface area contributed by atoms with Crippen LogP contribution in [0.25, 0.3) is 12.2 Å². The lowest BCUT2D eigenvalue weighted by atomic mass is 10.0. The minimum Gasteiger partial charge on any atom is -0.496 e. The molecule has 108 valence electrons. The molecular formula is C19H21NO. The van der Waals surface area contributed by atoms with Crippen molar-refractivity contribution in [1.29, 1.82) is 0 Å². The van der Waals surface area contributed by atoms with Gasteiger partial charge in [-0.15, -0.1) is 0 Å². The molecule has 0 heterocycles. The molecule has 0 amide bonds. The van der Waals surface area contributed by atoms with E-state index >= 15 is 0 Å². The van der Waals surface area contributed by atoms with Crippen LogP contribution >= 0.6 is 0 Å². The van der Waals surface area contributed by atoms with Crippen LogP contribution in [0, 0.1) is 0 Å². The van der Waals surface area contributed by atoms with Crippen LogP contribution in [-0.2, 0) is 0 Å². The van der Waals surface area contributed by atoms with Crippen LogP contribution in [0.3, 0.4) is 0 Å². The van der Waals surface area contributed by atoms with Crippen molar-refractivity contribution in [3.63, 3.8) is 0 Å². The van der Waals surface area contributed by atoms with Crippen molar-refractivity contribution in [1.82, 2.24) is 0 Å². The summed E-state index contributed by atoms with van der Waals surface area (Å²) in [7, 11) is 3.65. The van der Waals surface area contributed by atoms with Gasteiger partial charge in [0.1, 0.15) is 5.75 Å². The molecule has 1 saturated carbocycles. The molecule has 0 spiro atoms. The molecule has 3 rings (SSSR count). The second-order valence-corrected chi connectivity index (χ2v) is 5.41. The number of rotatable bonds is 5. The molecule has 0 unspecified atom stereocenters. The highest BCUT2D eigenvalue weighted by Gasteiger charge is 2.24. The van der Waals surface area contributed by atoms with Gasteiger partial charge >= 0.3 is 0 Å². The maximum Gasteiger partial charge on any atom is 0.128 e. The average Bonchev–Trinajstić information content (AvgIpc) is 3.37. The van der Waals surface area contributed by atoms with Gasteiger partial charge in [-0.25, -0.2) is 0 Å². The number of methoxy groups -OCH3 is 1. The highest BCUT2D eigenvalue weighted by molar-refractivity contribution is 5.81. The first-order valence-electron chi connectivity index (χ1n) is 7.45. The maximum absolute atomic E-state index is 5.48. The summed E-state index contributed by atoms with van der Waals surface area (Å²) in [5.41, 5.74) is 4.95. The van der Waals surface area contributed by atoms with E-state index in [1.54, 1.807) is 7.11 Å². The minimum absolute atomic E-state index is 0.757. The smallest absolute Gasteiger partial charge is 0.128 e. The zero-order valence-corrected chi connectivity index (χ0v) is 12.6. The monoisotopic (exact) mass is 279 g/mol. The Morgan fingerprint density at radius 3 is 2.57 bits per heavy atom. The molecule has 1 N–H and O–H groups in total. The van der Waals surface area contributed by atoms with E-state index in [4.69, 9.17) is 4.74 Å². The molecule has 2 nitrogen and oxygen atoms in total. The Morgan fingerprint density at radius 2 is 1.86 bits per heavy atom. The van der Waals surface area contributed by atoms with Crippen molar-refractivity contribution < 1.29 is 4.74 Å². The Morgan fingerprint density at radius 1 is 1.05 bits per heavy atom. The Hall–Kier alpha value is -2.22. The molecular weight excluding hydrogens is 258 g/mol. The van der Waals surface area contributed by atoms with Gasteiger partial charge in [-0.3, -0.25) is 0 Å². The molecule has 0 bridgehead atoms. The van der Waals surface area contributed by atoms with E-state index in [0.717, 1.165) is 22.9 Å². The molecule has 0 atom stereocenters. The molecule has 0 aromatic heterocycles. The van der Waals surface area contributed by atoms with Crippen molar-refractivity contribution in [2.24, 2.45) is 0 Å². The zero-order valence-electron chi connectivity index (χ0n) is 12.6. The second-order valence-electron chi connectivity index (χ2n) is 5.41. The molecule has 0 saturated heterocycles. The zero-order chi connectivity index (χ0) is 14.7.